The van der Waals surface area contributed by atoms with E-state index in [1.165, 1.54) is 88.8 Å². The van der Waals surface area contributed by atoms with Gasteiger partial charge in [-0.2, -0.15) is 0 Å². The topological polar surface area (TPSA) is 29.5 Å². The summed E-state index contributed by atoms with van der Waals surface area (Å²) in [6.45, 7) is 4.56. The number of benzene rings is 2. The van der Waals surface area contributed by atoms with E-state index in [1.807, 2.05) is 12.1 Å². The molecule has 2 aromatic rings. The van der Waals surface area contributed by atoms with Crippen molar-refractivity contribution in [3.8, 4) is 5.75 Å². The number of ketones is 1. The third-order valence-electron chi connectivity index (χ3n) is 5.56. The van der Waals surface area contributed by atoms with Gasteiger partial charge in [-0.3, -0.25) is 4.79 Å². The first-order valence-corrected chi connectivity index (χ1v) is 11.0. The molecule has 156 valence electrons. The van der Waals surface area contributed by atoms with Crippen molar-refractivity contribution in [3.05, 3.63) is 65.5 Å². The maximum absolute atomic E-state index is 13.0. The standard InChI is InChI=1S/C25H32FNO2/c26-23-13-9-21(10-14-23)25(28)22-11-15-24(16-12-22)29-20-8-3-1-2-5-17-27-18-6-4-7-19-27/h9-16H,1-8,17-20H2. The first kappa shape index (κ1) is 21.5. The molecule has 3 rings (SSSR count). The number of hydrogen-bond donors (Lipinski definition) is 0. The fourth-order valence-corrected chi connectivity index (χ4v) is 3.81. The molecule has 0 unspecified atom stereocenters. The van der Waals surface area contributed by atoms with Crippen molar-refractivity contribution in [3.63, 3.8) is 0 Å². The first-order chi connectivity index (χ1) is 14.2. The highest BCUT2D eigenvalue weighted by Gasteiger charge is 2.10. The van der Waals surface area contributed by atoms with E-state index >= 15 is 0 Å². The summed E-state index contributed by atoms with van der Waals surface area (Å²) in [5.41, 5.74) is 1.07. The van der Waals surface area contributed by atoms with E-state index in [0.717, 1.165) is 12.2 Å². The van der Waals surface area contributed by atoms with Crippen LogP contribution in [0.3, 0.4) is 0 Å². The quantitative estimate of drug-likeness (QED) is 0.351. The van der Waals surface area contributed by atoms with Crippen LogP contribution in [-0.4, -0.2) is 36.9 Å². The molecule has 1 fully saturated rings. The summed E-state index contributed by atoms with van der Waals surface area (Å²) in [4.78, 5) is 15.0. The highest BCUT2D eigenvalue weighted by atomic mass is 19.1. The molecule has 0 saturated carbocycles. The summed E-state index contributed by atoms with van der Waals surface area (Å²) in [5.74, 6) is 0.333. The minimum Gasteiger partial charge on any atom is -0.494 e. The lowest BCUT2D eigenvalue weighted by atomic mass is 10.0. The summed E-state index contributed by atoms with van der Waals surface area (Å²) >= 11 is 0. The molecule has 3 nitrogen and oxygen atoms in total. The number of unbranched alkanes of at least 4 members (excludes halogenated alkanes) is 4. The van der Waals surface area contributed by atoms with E-state index in [0.29, 0.717) is 17.7 Å². The number of rotatable bonds is 11. The van der Waals surface area contributed by atoms with Gasteiger partial charge in [-0.1, -0.05) is 25.7 Å². The zero-order valence-electron chi connectivity index (χ0n) is 17.2. The fraction of sp³-hybridized carbons (Fsp3) is 0.480. The fourth-order valence-electron chi connectivity index (χ4n) is 3.81. The number of hydrogen-bond acceptors (Lipinski definition) is 3. The molecular formula is C25H32FNO2. The Kier molecular flexibility index (Phi) is 8.69. The molecule has 0 bridgehead atoms. The van der Waals surface area contributed by atoms with Crippen LogP contribution in [0.1, 0.15) is 67.3 Å². The van der Waals surface area contributed by atoms with Gasteiger partial charge in [0, 0.05) is 11.1 Å². The van der Waals surface area contributed by atoms with Crippen molar-refractivity contribution in [2.75, 3.05) is 26.2 Å². The molecular weight excluding hydrogens is 365 g/mol. The van der Waals surface area contributed by atoms with E-state index in [1.54, 1.807) is 12.1 Å². The van der Waals surface area contributed by atoms with Crippen LogP contribution in [0.2, 0.25) is 0 Å². The molecule has 4 heteroatoms. The van der Waals surface area contributed by atoms with Crippen LogP contribution in [0.4, 0.5) is 4.39 Å². The molecule has 0 spiro atoms. The SMILES string of the molecule is O=C(c1ccc(F)cc1)c1ccc(OCCCCCCCN2CCCCC2)cc1. The Hall–Kier alpha value is -2.20. The third kappa shape index (κ3) is 7.28. The van der Waals surface area contributed by atoms with E-state index < -0.39 is 0 Å². The smallest absolute Gasteiger partial charge is 0.193 e. The number of halogens is 1. The van der Waals surface area contributed by atoms with Crippen molar-refractivity contribution < 1.29 is 13.9 Å². The van der Waals surface area contributed by atoms with E-state index in [4.69, 9.17) is 4.74 Å². The van der Waals surface area contributed by atoms with Gasteiger partial charge in [0.05, 0.1) is 6.61 Å². The Bertz CT molecular complexity index is 736. The number of carbonyl (C=O) groups excluding carboxylic acids is 1. The number of likely N-dealkylation sites (tertiary alicyclic amines) is 1. The Labute approximate surface area is 173 Å². The normalized spacial score (nSPS) is 14.7. The first-order valence-electron chi connectivity index (χ1n) is 11.0. The van der Waals surface area contributed by atoms with Gasteiger partial charge >= 0.3 is 0 Å². The zero-order valence-corrected chi connectivity index (χ0v) is 17.2. The Balaban J connectivity index is 1.28. The molecule has 0 N–H and O–H groups in total. The second-order valence-electron chi connectivity index (χ2n) is 7.88. The van der Waals surface area contributed by atoms with Gasteiger partial charge in [-0.25, -0.2) is 4.39 Å². The molecule has 2 aromatic carbocycles. The van der Waals surface area contributed by atoms with Crippen LogP contribution < -0.4 is 4.74 Å². The third-order valence-corrected chi connectivity index (χ3v) is 5.56. The predicted octanol–water partition coefficient (Wildman–Crippen LogP) is 5.87. The zero-order chi connectivity index (χ0) is 20.3. The Morgan fingerprint density at radius 2 is 1.38 bits per heavy atom. The number of ether oxygens (including phenoxy) is 1. The summed E-state index contributed by atoms with van der Waals surface area (Å²) < 4.78 is 18.8. The predicted molar refractivity (Wildman–Crippen MR) is 115 cm³/mol. The van der Waals surface area contributed by atoms with Gasteiger partial charge in [-0.05, 0) is 93.8 Å². The van der Waals surface area contributed by atoms with Gasteiger partial charge in [-0.15, -0.1) is 0 Å². The summed E-state index contributed by atoms with van der Waals surface area (Å²) in [7, 11) is 0. The molecule has 1 saturated heterocycles. The lowest BCUT2D eigenvalue weighted by Gasteiger charge is -2.26. The van der Waals surface area contributed by atoms with Crippen LogP contribution in [0.5, 0.6) is 5.75 Å². The van der Waals surface area contributed by atoms with Crippen LogP contribution in [-0.2, 0) is 0 Å². The second kappa shape index (κ2) is 11.7. The van der Waals surface area contributed by atoms with Gasteiger partial charge in [0.25, 0.3) is 0 Å². The van der Waals surface area contributed by atoms with Crippen molar-refractivity contribution in [1.29, 1.82) is 0 Å². The molecule has 0 aromatic heterocycles. The molecule has 0 aliphatic carbocycles. The van der Waals surface area contributed by atoms with Crippen molar-refractivity contribution in [2.24, 2.45) is 0 Å². The summed E-state index contributed by atoms with van der Waals surface area (Å²) in [5, 5.41) is 0. The van der Waals surface area contributed by atoms with E-state index in [2.05, 4.69) is 4.90 Å². The number of piperidine rings is 1. The van der Waals surface area contributed by atoms with Gasteiger partial charge in [0.15, 0.2) is 5.78 Å². The van der Waals surface area contributed by atoms with Gasteiger partial charge in [0.2, 0.25) is 0 Å². The molecule has 0 atom stereocenters. The largest absolute Gasteiger partial charge is 0.494 e. The highest BCUT2D eigenvalue weighted by Crippen LogP contribution is 2.17. The number of carbonyl (C=O) groups is 1. The lowest BCUT2D eigenvalue weighted by molar-refractivity contribution is 0.103. The van der Waals surface area contributed by atoms with Crippen LogP contribution in [0, 0.1) is 5.82 Å². The maximum atomic E-state index is 13.0. The lowest BCUT2D eigenvalue weighted by Crippen LogP contribution is -2.30. The Morgan fingerprint density at radius 3 is 2.07 bits per heavy atom. The van der Waals surface area contributed by atoms with Crippen molar-refractivity contribution in [2.45, 2.75) is 51.4 Å². The van der Waals surface area contributed by atoms with Crippen molar-refractivity contribution >= 4 is 5.78 Å². The van der Waals surface area contributed by atoms with E-state index in [-0.39, 0.29) is 11.6 Å². The molecule has 0 radical (unpaired) electrons. The number of nitrogens with zero attached hydrogens (tertiary/aromatic N) is 1. The molecule has 29 heavy (non-hydrogen) atoms. The summed E-state index contributed by atoms with van der Waals surface area (Å²) in [6, 6.07) is 12.8. The second-order valence-corrected chi connectivity index (χ2v) is 7.88. The average Bonchev–Trinajstić information content (AvgIpc) is 2.77. The maximum Gasteiger partial charge on any atom is 0.193 e. The minimum absolute atomic E-state index is 0.110. The molecule has 0 amide bonds. The average molecular weight is 398 g/mol. The summed E-state index contributed by atoms with van der Waals surface area (Å²) in [6.07, 6.45) is 10.3. The van der Waals surface area contributed by atoms with E-state index in [9.17, 15) is 9.18 Å². The molecule has 1 aliphatic heterocycles. The Morgan fingerprint density at radius 1 is 0.793 bits per heavy atom. The minimum atomic E-state index is -0.340. The van der Waals surface area contributed by atoms with Crippen molar-refractivity contribution in [1.82, 2.24) is 4.90 Å². The van der Waals surface area contributed by atoms with Gasteiger partial charge < -0.3 is 9.64 Å². The monoisotopic (exact) mass is 397 g/mol. The van der Waals surface area contributed by atoms with Gasteiger partial charge in [0.1, 0.15) is 11.6 Å². The van der Waals surface area contributed by atoms with Crippen LogP contribution in [0.15, 0.2) is 48.5 Å². The van der Waals surface area contributed by atoms with Crippen LogP contribution >= 0.6 is 0 Å². The van der Waals surface area contributed by atoms with Crippen LogP contribution in [0.25, 0.3) is 0 Å². The molecule has 1 aliphatic rings. The molecule has 1 heterocycles. The highest BCUT2D eigenvalue weighted by molar-refractivity contribution is 6.08.